The number of imide groups is 1. The number of rotatable bonds is 7. The number of amides is 2. The Morgan fingerprint density at radius 3 is 2.43 bits per heavy atom. The Hall–Kier alpha value is -2.39. The Bertz CT molecular complexity index is 1240. The minimum atomic E-state index is -0.252. The minimum Gasteiger partial charge on any atom is -0.490 e. The van der Waals surface area contributed by atoms with Gasteiger partial charge >= 0.3 is 0 Å². The normalized spacial score (nSPS) is 30.1. The zero-order valence-electron chi connectivity index (χ0n) is 19.1. The largest absolute Gasteiger partial charge is 0.490 e. The highest BCUT2D eigenvalue weighted by Gasteiger charge is 2.67. The van der Waals surface area contributed by atoms with Crippen LogP contribution in [0.4, 0.5) is 0 Å². The van der Waals surface area contributed by atoms with Gasteiger partial charge < -0.3 is 9.47 Å². The van der Waals surface area contributed by atoms with Gasteiger partial charge in [-0.1, -0.05) is 42.0 Å². The fourth-order valence-corrected chi connectivity index (χ4v) is 6.98. The average Bonchev–Trinajstić information content (AvgIpc) is 3.63. The second-order valence-corrected chi connectivity index (χ2v) is 11.1. The van der Waals surface area contributed by atoms with Gasteiger partial charge in [0.1, 0.15) is 6.61 Å². The van der Waals surface area contributed by atoms with Gasteiger partial charge in [-0.2, -0.15) is 10.1 Å². The Morgan fingerprint density at radius 1 is 1.09 bits per heavy atom. The van der Waals surface area contributed by atoms with Crippen molar-refractivity contribution in [2.75, 3.05) is 6.61 Å². The maximum Gasteiger partial charge on any atom is 0.254 e. The first kappa shape index (κ1) is 23.0. The second kappa shape index (κ2) is 8.92. The Balaban J connectivity index is 1.23. The standard InChI is InChI=1S/C27H24ClIN2O4/c1-2-34-22-10-14(9-21(29)25(22)35-13-15-5-3-4-6-20(15)28)12-30-31-26(32)23-16-7-8-17(19-11-18(16)19)24(23)27(31)33/h3-10,12,16-19,23-24H,2,11,13H2,1H3/b30-12+. The van der Waals surface area contributed by atoms with Crippen molar-refractivity contribution in [2.45, 2.75) is 20.0 Å². The summed E-state index contributed by atoms with van der Waals surface area (Å²) < 4.78 is 12.7. The molecule has 2 saturated carbocycles. The van der Waals surface area contributed by atoms with Crippen molar-refractivity contribution < 1.29 is 19.1 Å². The highest BCUT2D eigenvalue weighted by molar-refractivity contribution is 14.1. The Labute approximate surface area is 222 Å². The van der Waals surface area contributed by atoms with Gasteiger partial charge in [0.05, 0.1) is 28.2 Å². The molecule has 1 heterocycles. The lowest BCUT2D eigenvalue weighted by atomic mass is 9.63. The maximum absolute atomic E-state index is 13.2. The fourth-order valence-electron chi connectivity index (χ4n) is 6.01. The van der Waals surface area contributed by atoms with Crippen LogP contribution >= 0.6 is 34.2 Å². The molecule has 2 bridgehead atoms. The van der Waals surface area contributed by atoms with Crippen LogP contribution in [0.15, 0.2) is 53.7 Å². The lowest BCUT2D eigenvalue weighted by Gasteiger charge is -2.37. The summed E-state index contributed by atoms with van der Waals surface area (Å²) in [7, 11) is 0. The highest BCUT2D eigenvalue weighted by Crippen LogP contribution is 2.65. The van der Waals surface area contributed by atoms with Crippen molar-refractivity contribution >= 4 is 52.2 Å². The Kier molecular flexibility index (Phi) is 5.87. The van der Waals surface area contributed by atoms with Crippen LogP contribution in [0.25, 0.3) is 0 Å². The van der Waals surface area contributed by atoms with Gasteiger partial charge in [0.15, 0.2) is 11.5 Å². The second-order valence-electron chi connectivity index (χ2n) is 9.53. The van der Waals surface area contributed by atoms with E-state index in [4.69, 9.17) is 21.1 Å². The first-order valence-corrected chi connectivity index (χ1v) is 13.4. The molecule has 1 saturated heterocycles. The number of allylic oxidation sites excluding steroid dienone is 2. The average molecular weight is 603 g/mol. The van der Waals surface area contributed by atoms with Gasteiger partial charge in [0, 0.05) is 10.6 Å². The molecule has 6 nitrogen and oxygen atoms in total. The number of halogens is 2. The maximum atomic E-state index is 13.2. The number of carbonyl (C=O) groups excluding carboxylic acids is 2. The lowest BCUT2D eigenvalue weighted by molar-refractivity contribution is -0.140. The van der Waals surface area contributed by atoms with Crippen molar-refractivity contribution in [1.82, 2.24) is 5.01 Å². The van der Waals surface area contributed by atoms with Gasteiger partial charge in [-0.15, -0.1) is 0 Å². The predicted octanol–water partition coefficient (Wildman–Crippen LogP) is 5.31. The topological polar surface area (TPSA) is 68.2 Å². The molecule has 35 heavy (non-hydrogen) atoms. The zero-order valence-corrected chi connectivity index (χ0v) is 22.0. The van der Waals surface area contributed by atoms with Crippen molar-refractivity contribution in [3.8, 4) is 11.5 Å². The third-order valence-corrected chi connectivity index (χ3v) is 8.79. The summed E-state index contributed by atoms with van der Waals surface area (Å²) in [6.07, 6.45) is 7.03. The molecule has 4 aliphatic carbocycles. The van der Waals surface area contributed by atoms with Crippen molar-refractivity contribution in [3.05, 3.63) is 68.3 Å². The first-order chi connectivity index (χ1) is 17.0. The van der Waals surface area contributed by atoms with E-state index in [1.807, 2.05) is 43.3 Å². The van der Waals surface area contributed by atoms with Gasteiger partial charge in [0.2, 0.25) is 0 Å². The summed E-state index contributed by atoms with van der Waals surface area (Å²) in [5.74, 6) is 1.87. The van der Waals surface area contributed by atoms with E-state index in [1.165, 1.54) is 0 Å². The third kappa shape index (κ3) is 3.87. The molecule has 0 N–H and O–H groups in total. The van der Waals surface area contributed by atoms with E-state index in [-0.39, 0.29) is 35.5 Å². The van der Waals surface area contributed by atoms with E-state index < -0.39 is 0 Å². The van der Waals surface area contributed by atoms with Gasteiger partial charge in [0.25, 0.3) is 11.8 Å². The van der Waals surface area contributed by atoms with Crippen LogP contribution in [0.2, 0.25) is 5.02 Å². The molecule has 3 fully saturated rings. The van der Waals surface area contributed by atoms with E-state index in [0.717, 1.165) is 26.1 Å². The summed E-state index contributed by atoms with van der Waals surface area (Å²) in [4.78, 5) is 26.3. The molecule has 8 heteroatoms. The van der Waals surface area contributed by atoms with Crippen LogP contribution in [0.3, 0.4) is 0 Å². The van der Waals surface area contributed by atoms with Crippen molar-refractivity contribution in [2.24, 2.45) is 40.6 Å². The molecule has 6 unspecified atom stereocenters. The molecule has 180 valence electrons. The van der Waals surface area contributed by atoms with Gasteiger partial charge in [-0.3, -0.25) is 9.59 Å². The van der Waals surface area contributed by atoms with Crippen LogP contribution in [-0.2, 0) is 16.2 Å². The molecule has 2 aromatic rings. The fraction of sp³-hybridized carbons (Fsp3) is 0.370. The third-order valence-electron chi connectivity index (χ3n) is 7.62. The minimum absolute atomic E-state index is 0.166. The summed E-state index contributed by atoms with van der Waals surface area (Å²) in [5.41, 5.74) is 1.61. The molecule has 5 aliphatic rings. The molecule has 7 rings (SSSR count). The molecule has 6 atom stereocenters. The van der Waals surface area contributed by atoms with Crippen LogP contribution in [-0.4, -0.2) is 29.6 Å². The molecule has 2 amide bonds. The Morgan fingerprint density at radius 2 is 1.77 bits per heavy atom. The quantitative estimate of drug-likeness (QED) is 0.187. The molecular formula is C27H24ClIN2O4. The molecule has 1 aliphatic heterocycles. The summed E-state index contributed by atoms with van der Waals surface area (Å²) in [6, 6.07) is 11.3. The predicted molar refractivity (Wildman–Crippen MR) is 140 cm³/mol. The summed E-state index contributed by atoms with van der Waals surface area (Å²) in [6.45, 7) is 2.67. The number of ether oxygens (including phenoxy) is 2. The zero-order chi connectivity index (χ0) is 24.3. The number of hydrogen-bond donors (Lipinski definition) is 0. The molecule has 0 spiro atoms. The number of nitrogens with zero attached hydrogens (tertiary/aromatic N) is 2. The first-order valence-electron chi connectivity index (χ1n) is 11.9. The number of hydrogen-bond acceptors (Lipinski definition) is 5. The van der Waals surface area contributed by atoms with E-state index in [0.29, 0.717) is 41.6 Å². The summed E-state index contributed by atoms with van der Waals surface area (Å²) >= 11 is 8.46. The number of carbonyl (C=O) groups is 2. The highest BCUT2D eigenvalue weighted by atomic mass is 127. The molecule has 0 radical (unpaired) electrons. The van der Waals surface area contributed by atoms with Crippen molar-refractivity contribution in [1.29, 1.82) is 0 Å². The molecule has 0 aromatic heterocycles. The van der Waals surface area contributed by atoms with Crippen LogP contribution in [0.5, 0.6) is 11.5 Å². The lowest BCUT2D eigenvalue weighted by Crippen LogP contribution is -2.40. The van der Waals surface area contributed by atoms with Crippen LogP contribution in [0, 0.1) is 39.1 Å². The molecule has 2 aromatic carbocycles. The van der Waals surface area contributed by atoms with Gasteiger partial charge in [-0.25, -0.2) is 0 Å². The van der Waals surface area contributed by atoms with E-state index in [2.05, 4.69) is 39.8 Å². The van der Waals surface area contributed by atoms with Crippen molar-refractivity contribution in [3.63, 3.8) is 0 Å². The summed E-state index contributed by atoms with van der Waals surface area (Å²) in [5, 5.41) is 6.10. The smallest absolute Gasteiger partial charge is 0.254 e. The monoisotopic (exact) mass is 602 g/mol. The van der Waals surface area contributed by atoms with E-state index in [9.17, 15) is 9.59 Å². The number of benzene rings is 2. The van der Waals surface area contributed by atoms with Crippen LogP contribution in [0.1, 0.15) is 24.5 Å². The number of hydrazone groups is 1. The van der Waals surface area contributed by atoms with Gasteiger partial charge in [-0.05, 0) is 83.4 Å². The van der Waals surface area contributed by atoms with E-state index >= 15 is 0 Å². The van der Waals surface area contributed by atoms with E-state index in [1.54, 1.807) is 6.21 Å². The van der Waals surface area contributed by atoms with Crippen LogP contribution < -0.4 is 9.47 Å². The SMILES string of the molecule is CCOc1cc(/C=N/N2C(=O)C3C4C=CC(C5CC45)C3C2=O)cc(I)c1OCc1ccccc1Cl. The molecular weight excluding hydrogens is 579 g/mol.